The number of likely N-dealkylation sites (N-methyl/N-ethyl adjacent to an activating group) is 3. The smallest absolute Gasteiger partial charge is 0.246 e. The average molecular weight is 1890 g/mol. The zero-order valence-electron chi connectivity index (χ0n) is 76.8. The van der Waals surface area contributed by atoms with Crippen molar-refractivity contribution in [2.45, 2.75) is 241 Å². The fraction of sp³-hybridized carbons (Fsp3) is 0.544. The van der Waals surface area contributed by atoms with Crippen LogP contribution in [0.4, 0.5) is 0 Å². The molecule has 3 aromatic carbocycles. The lowest BCUT2D eigenvalue weighted by Gasteiger charge is -2.36. The molecule has 3 aliphatic rings. The number of carbonyl (C=O) groups is 18. The number of para-hydroxylation sites is 2. The van der Waals surface area contributed by atoms with Gasteiger partial charge in [-0.1, -0.05) is 102 Å². The number of phenols is 1. The summed E-state index contributed by atoms with van der Waals surface area (Å²) in [7, 11) is 3.91. The van der Waals surface area contributed by atoms with Crippen LogP contribution < -0.4 is 81.4 Å². The number of hydrogen-bond acceptors (Lipinski definition) is 22. The van der Waals surface area contributed by atoms with Crippen LogP contribution in [0.25, 0.3) is 21.8 Å². The minimum absolute atomic E-state index is 0.000765. The molecule has 730 valence electrons. The largest absolute Gasteiger partial charge is 0.508 e. The molecule has 3 saturated heterocycles. The fourth-order valence-electron chi connectivity index (χ4n) is 16.6. The normalized spacial score (nSPS) is 24.3. The molecule has 14 atom stereocenters. The van der Waals surface area contributed by atoms with Crippen molar-refractivity contribution in [2.24, 2.45) is 28.9 Å². The molecule has 24 N–H and O–H groups in total. The number of phenolic OH excluding ortho intramolecular Hbond substituents is 1. The number of primary amides is 3. The molecule has 0 unspecified atom stereocenters. The lowest BCUT2D eigenvalue weighted by atomic mass is 9.99. The predicted octanol–water partition coefficient (Wildman–Crippen LogP) is -2.60. The van der Waals surface area contributed by atoms with Crippen LogP contribution in [0.15, 0.2) is 85.2 Å². The molecule has 5 heterocycles. The summed E-state index contributed by atoms with van der Waals surface area (Å²) in [6.45, 7) is 6.76. The van der Waals surface area contributed by atoms with Gasteiger partial charge >= 0.3 is 0 Å². The molecule has 5 aromatic rings. The molecule has 3 aliphatic heterocycles. The van der Waals surface area contributed by atoms with Crippen LogP contribution in [-0.2, 0) is 106 Å². The second-order valence-electron chi connectivity index (χ2n) is 34.5. The third-order valence-corrected chi connectivity index (χ3v) is 25.0. The zero-order chi connectivity index (χ0) is 98.3. The molecule has 44 heteroatoms. The van der Waals surface area contributed by atoms with Crippen LogP contribution in [0.2, 0.25) is 0 Å². The Balaban J connectivity index is 1.20. The number of nitrogens with one attached hydrogen (secondary N) is 14. The second kappa shape index (κ2) is 51.0. The zero-order valence-corrected chi connectivity index (χ0v) is 77.6. The molecule has 0 spiro atoms. The van der Waals surface area contributed by atoms with Crippen molar-refractivity contribution >= 4 is 146 Å². The molecular formula is C90H129N23O20S. The van der Waals surface area contributed by atoms with Gasteiger partial charge in [0, 0.05) is 107 Å². The Morgan fingerprint density at radius 2 is 0.963 bits per heavy atom. The summed E-state index contributed by atoms with van der Waals surface area (Å²) >= 11 is 0.755. The van der Waals surface area contributed by atoms with Gasteiger partial charge in [0.05, 0.1) is 25.1 Å². The number of benzene rings is 3. The number of amides is 18. The number of aliphatic hydroxyl groups excluding tert-OH is 1. The van der Waals surface area contributed by atoms with Gasteiger partial charge in [0.2, 0.25) is 106 Å². The van der Waals surface area contributed by atoms with E-state index >= 15 is 33.6 Å². The first-order chi connectivity index (χ1) is 63.7. The SMILES string of the molecule is CCCC[C@H]1C(=O)N(C)[C@@H](CCCC)C(=O)N[C@@H](CCCNC(=N)N)C(=O)N[C@H](C(=O)NCC(N)=O)CSCC(=O)N[C@@H](Cc2ccc(O)cc2)C(=O)N(C)[C@@H](C)C(=O)N[C@H](CC(N)=O)C(=O)N2CCC[C@H]2C(=O)N[C@@H](CC(N)=O)C(=O)N[C@@H](CC(C)C)C(=O)N2CCC[C@H]2C(=O)N[C@@H](Cc2c[nH]c3ccccc23)C(=O)N[C@@H](CCO)C(=O)N[C@@H](Cc2c[nH]c3ccccc23)C(=O)N1C. The van der Waals surface area contributed by atoms with E-state index in [9.17, 15) is 63.0 Å². The van der Waals surface area contributed by atoms with Crippen molar-refractivity contribution < 1.29 is 96.5 Å². The van der Waals surface area contributed by atoms with E-state index in [1.165, 1.54) is 57.2 Å². The molecule has 8 rings (SSSR count). The van der Waals surface area contributed by atoms with Gasteiger partial charge in [-0.15, -0.1) is 11.8 Å². The van der Waals surface area contributed by atoms with Gasteiger partial charge < -0.3 is 126 Å². The van der Waals surface area contributed by atoms with Gasteiger partial charge in [0.1, 0.15) is 90.3 Å². The van der Waals surface area contributed by atoms with Crippen LogP contribution in [0, 0.1) is 11.3 Å². The van der Waals surface area contributed by atoms with Crippen molar-refractivity contribution in [2.75, 3.05) is 65.4 Å². The van der Waals surface area contributed by atoms with Crippen LogP contribution in [0.1, 0.15) is 154 Å². The van der Waals surface area contributed by atoms with Crippen molar-refractivity contribution in [1.29, 1.82) is 5.41 Å². The standard InChI is InChI=1S/C90H129N23O20S/c1-9-11-25-68-82(126)102-59(24-17-34-96-90(94)95)78(122)108-67(77(121)99-46-74(93)118)47-134-48-75(119)100-64(39-51-29-31-54(115)32-30-51)85(129)109(6)50(5)76(120)105-66(43-73(92)117)88(132)113-36-19-28-70(113)84(128)104-62(42-72(91)116)81(125)106-63(38-49(3)4)87(131)112-35-18-27-69(112)83(127)103-61(40-52-44-97-57-22-15-13-20-55(52)57)80(124)101-60(33-37-114)79(123)107-65(41-53-45-98-58-23-16-14-21-56(53)58)86(130)111(8)71(26-12-10-2)89(133)110(68)7/h13-16,20-23,29-32,44-45,49-50,59-71,97-98,114-115H,9-12,17-19,24-28,33-43,46-48H2,1-8H3,(H2,91,116)(H2,92,117)(H2,93,118)(H,99,121)(H,100,119)(H,101,124)(H,102,126)(H,103,127)(H,104,128)(H,105,120)(H,106,125)(H,107,123)(H,108,122)(H4,94,95,96)/t50-,59-,60-,61-,62-,63-,64-,65-,66+,67-,68-,69-,70-,71-/m0/s1. The maximum atomic E-state index is 15.8. The Morgan fingerprint density at radius 1 is 0.493 bits per heavy atom. The summed E-state index contributed by atoms with van der Waals surface area (Å²) in [4.78, 5) is 274. The lowest BCUT2D eigenvalue weighted by Crippen LogP contribution is -2.61. The van der Waals surface area contributed by atoms with E-state index in [4.69, 9.17) is 28.3 Å². The Kier molecular flexibility index (Phi) is 40.3. The first-order valence-electron chi connectivity index (χ1n) is 45.1. The quantitative estimate of drug-likeness (QED) is 0.0146. The number of hydrogen-bond donors (Lipinski definition) is 20. The lowest BCUT2D eigenvalue weighted by molar-refractivity contribution is -0.149. The number of aromatic hydroxyl groups is 1. The highest BCUT2D eigenvalue weighted by Crippen LogP contribution is 2.28. The number of aliphatic hydroxyl groups is 1. The highest BCUT2D eigenvalue weighted by atomic mass is 32.2. The molecule has 43 nitrogen and oxygen atoms in total. The van der Waals surface area contributed by atoms with E-state index in [-0.39, 0.29) is 108 Å². The first-order valence-corrected chi connectivity index (χ1v) is 46.3. The van der Waals surface area contributed by atoms with E-state index in [1.807, 2.05) is 13.8 Å². The Hall–Kier alpha value is -13.4. The first kappa shape index (κ1) is 106. The van der Waals surface area contributed by atoms with Gasteiger partial charge in [0.25, 0.3) is 0 Å². The summed E-state index contributed by atoms with van der Waals surface area (Å²) in [5, 5.41) is 59.1. The number of H-pyrrole nitrogens is 2. The summed E-state index contributed by atoms with van der Waals surface area (Å²) < 4.78 is 0. The minimum Gasteiger partial charge on any atom is -0.508 e. The average Bonchev–Trinajstić information content (AvgIpc) is 1.70. The van der Waals surface area contributed by atoms with Gasteiger partial charge in [-0.05, 0) is 118 Å². The monoisotopic (exact) mass is 1880 g/mol. The number of aromatic amines is 2. The summed E-state index contributed by atoms with van der Waals surface area (Å²) in [6, 6.07) is -1.89. The molecule has 134 heavy (non-hydrogen) atoms. The third-order valence-electron chi connectivity index (χ3n) is 24.0. The van der Waals surface area contributed by atoms with E-state index in [0.29, 0.717) is 64.2 Å². The van der Waals surface area contributed by atoms with E-state index < -0.39 is 241 Å². The van der Waals surface area contributed by atoms with Gasteiger partial charge in [-0.2, -0.15) is 0 Å². The van der Waals surface area contributed by atoms with Crippen LogP contribution >= 0.6 is 11.8 Å². The summed E-state index contributed by atoms with van der Waals surface area (Å²) in [5.41, 5.74) is 25.2. The van der Waals surface area contributed by atoms with Crippen molar-refractivity contribution in [3.63, 3.8) is 0 Å². The number of nitrogens with two attached hydrogens (primary N) is 4. The second-order valence-corrected chi connectivity index (χ2v) is 35.5. The van der Waals surface area contributed by atoms with E-state index in [2.05, 4.69) is 68.5 Å². The van der Waals surface area contributed by atoms with Crippen LogP contribution in [0.3, 0.4) is 0 Å². The van der Waals surface area contributed by atoms with E-state index in [1.54, 1.807) is 74.8 Å². The van der Waals surface area contributed by atoms with Crippen molar-refractivity contribution in [1.82, 2.24) is 93.0 Å². The van der Waals surface area contributed by atoms with Crippen LogP contribution in [0.5, 0.6) is 5.75 Å². The molecule has 0 bridgehead atoms. The Labute approximate surface area is 780 Å². The minimum atomic E-state index is -1.82. The molecule has 3 fully saturated rings. The highest BCUT2D eigenvalue weighted by Gasteiger charge is 2.46. The topological polar surface area (TPSA) is 656 Å². The van der Waals surface area contributed by atoms with Crippen molar-refractivity contribution in [3.05, 3.63) is 102 Å². The van der Waals surface area contributed by atoms with E-state index in [0.717, 1.165) is 31.4 Å². The number of rotatable bonds is 27. The number of unbranched alkanes of at least 4 members (excludes halogenated alkanes) is 2. The maximum Gasteiger partial charge on any atom is 0.246 e. The molecular weight excluding hydrogens is 1760 g/mol. The molecule has 0 aliphatic carbocycles. The Morgan fingerprint density at radius 3 is 1.52 bits per heavy atom. The van der Waals surface area contributed by atoms with Gasteiger partial charge in [0.15, 0.2) is 5.96 Å². The molecule has 2 aromatic heterocycles. The van der Waals surface area contributed by atoms with Gasteiger partial charge in [-0.3, -0.25) is 91.7 Å². The van der Waals surface area contributed by atoms with Gasteiger partial charge in [-0.25, -0.2) is 0 Å². The summed E-state index contributed by atoms with van der Waals surface area (Å²) in [5.74, 6) is -19.0. The van der Waals surface area contributed by atoms with Crippen LogP contribution in [-0.4, -0.2) is 307 Å². The Bertz CT molecular complexity index is 5050. The number of guanidine groups is 1. The summed E-state index contributed by atoms with van der Waals surface area (Å²) in [6.07, 6.45) is 2.05. The number of thioether (sulfide) groups is 1. The number of carbonyl (C=O) groups excluding carboxylic acids is 18. The number of aromatic nitrogens is 2. The number of fused-ring (bicyclic) bond motifs is 4. The fourth-order valence-corrected chi connectivity index (χ4v) is 17.4. The molecule has 0 saturated carbocycles. The maximum absolute atomic E-state index is 15.8. The molecule has 18 amide bonds. The highest BCUT2D eigenvalue weighted by molar-refractivity contribution is 8.00. The third kappa shape index (κ3) is 30.0. The predicted molar refractivity (Wildman–Crippen MR) is 495 cm³/mol. The molecule has 0 radical (unpaired) electrons. The van der Waals surface area contributed by atoms with Crippen molar-refractivity contribution in [3.8, 4) is 5.75 Å². The number of nitrogens with zero attached hydrogens (tertiary/aromatic N) is 5.